The van der Waals surface area contributed by atoms with E-state index >= 15 is 0 Å². The standard InChI is InChI=1S/C20H42O3/c1-3-4-5-6-7-8-9-10-11-12-13-14-15-16-17-23-20(18-21)19-22-2/h20-21H,3-19H2,1-2H3. The van der Waals surface area contributed by atoms with Crippen molar-refractivity contribution in [1.29, 1.82) is 0 Å². The van der Waals surface area contributed by atoms with Crippen LogP contribution >= 0.6 is 0 Å². The van der Waals surface area contributed by atoms with Gasteiger partial charge in [-0.05, 0) is 6.42 Å². The van der Waals surface area contributed by atoms with E-state index in [1.165, 1.54) is 83.5 Å². The lowest BCUT2D eigenvalue weighted by Gasteiger charge is -2.14. The third-order valence-electron chi connectivity index (χ3n) is 4.41. The summed E-state index contributed by atoms with van der Waals surface area (Å²) in [6.45, 7) is 3.55. The summed E-state index contributed by atoms with van der Waals surface area (Å²) >= 11 is 0. The molecule has 0 aromatic rings. The van der Waals surface area contributed by atoms with Crippen LogP contribution in [-0.4, -0.2) is 38.1 Å². The highest BCUT2D eigenvalue weighted by Gasteiger charge is 2.05. The molecule has 3 heteroatoms. The first-order valence-corrected chi connectivity index (χ1v) is 10.1. The second-order valence-electron chi connectivity index (χ2n) is 6.73. The van der Waals surface area contributed by atoms with E-state index in [-0.39, 0.29) is 12.7 Å². The van der Waals surface area contributed by atoms with Crippen molar-refractivity contribution < 1.29 is 14.6 Å². The fraction of sp³-hybridized carbons (Fsp3) is 1.00. The van der Waals surface area contributed by atoms with Crippen molar-refractivity contribution in [3.05, 3.63) is 0 Å². The van der Waals surface area contributed by atoms with Gasteiger partial charge in [-0.25, -0.2) is 0 Å². The summed E-state index contributed by atoms with van der Waals surface area (Å²) in [6.07, 6.45) is 19.0. The number of unbranched alkanes of at least 4 members (excludes halogenated alkanes) is 13. The Morgan fingerprint density at radius 2 is 1.13 bits per heavy atom. The highest BCUT2D eigenvalue weighted by molar-refractivity contribution is 4.54. The summed E-state index contributed by atoms with van der Waals surface area (Å²) in [5.41, 5.74) is 0. The van der Waals surface area contributed by atoms with Gasteiger partial charge in [0.1, 0.15) is 6.10 Å². The first-order valence-electron chi connectivity index (χ1n) is 10.1. The van der Waals surface area contributed by atoms with Crippen LogP contribution in [0.3, 0.4) is 0 Å². The van der Waals surface area contributed by atoms with Gasteiger partial charge in [0, 0.05) is 13.7 Å². The van der Waals surface area contributed by atoms with Gasteiger partial charge in [0.05, 0.1) is 13.2 Å². The molecule has 0 bridgehead atoms. The van der Waals surface area contributed by atoms with Crippen LogP contribution < -0.4 is 0 Å². The van der Waals surface area contributed by atoms with Gasteiger partial charge in [0.2, 0.25) is 0 Å². The molecule has 0 saturated heterocycles. The third kappa shape index (κ3) is 18.1. The van der Waals surface area contributed by atoms with E-state index < -0.39 is 0 Å². The molecule has 0 amide bonds. The maximum Gasteiger partial charge on any atom is 0.104 e. The van der Waals surface area contributed by atoms with E-state index in [9.17, 15) is 0 Å². The summed E-state index contributed by atoms with van der Waals surface area (Å²) in [7, 11) is 1.64. The van der Waals surface area contributed by atoms with Gasteiger partial charge < -0.3 is 14.6 Å². The maximum atomic E-state index is 9.07. The number of aliphatic hydroxyl groups excluding tert-OH is 1. The molecule has 1 N–H and O–H groups in total. The Morgan fingerprint density at radius 3 is 1.52 bits per heavy atom. The summed E-state index contributed by atoms with van der Waals surface area (Å²) in [5.74, 6) is 0. The second-order valence-corrected chi connectivity index (χ2v) is 6.73. The first kappa shape index (κ1) is 22.9. The van der Waals surface area contributed by atoms with Gasteiger partial charge in [0.15, 0.2) is 0 Å². The van der Waals surface area contributed by atoms with Crippen LogP contribution in [0.1, 0.15) is 96.8 Å². The molecular formula is C20H42O3. The fourth-order valence-corrected chi connectivity index (χ4v) is 2.89. The molecule has 0 aromatic heterocycles. The number of ether oxygens (including phenoxy) is 2. The third-order valence-corrected chi connectivity index (χ3v) is 4.41. The van der Waals surface area contributed by atoms with E-state index in [1.54, 1.807) is 7.11 Å². The molecule has 0 heterocycles. The van der Waals surface area contributed by atoms with Gasteiger partial charge in [-0.15, -0.1) is 0 Å². The number of rotatable bonds is 19. The molecule has 0 aliphatic rings. The van der Waals surface area contributed by atoms with Crippen LogP contribution in [0.5, 0.6) is 0 Å². The van der Waals surface area contributed by atoms with Gasteiger partial charge >= 0.3 is 0 Å². The van der Waals surface area contributed by atoms with Crippen molar-refractivity contribution in [2.75, 3.05) is 26.9 Å². The number of aliphatic hydroxyl groups is 1. The predicted molar refractivity (Wildman–Crippen MR) is 99.0 cm³/mol. The zero-order valence-electron chi connectivity index (χ0n) is 15.9. The molecule has 0 aromatic carbocycles. The molecule has 140 valence electrons. The minimum atomic E-state index is -0.151. The quantitative estimate of drug-likeness (QED) is 0.318. The average molecular weight is 331 g/mol. The molecule has 1 atom stereocenters. The average Bonchev–Trinajstić information content (AvgIpc) is 2.57. The summed E-state index contributed by atoms with van der Waals surface area (Å²) in [6, 6.07) is 0. The molecule has 0 aliphatic carbocycles. The smallest absolute Gasteiger partial charge is 0.104 e. The van der Waals surface area contributed by atoms with Crippen LogP contribution in [0.15, 0.2) is 0 Å². The topological polar surface area (TPSA) is 38.7 Å². The lowest BCUT2D eigenvalue weighted by molar-refractivity contribution is -0.0321. The Kier molecular flexibility index (Phi) is 19.8. The zero-order valence-corrected chi connectivity index (χ0v) is 15.9. The lowest BCUT2D eigenvalue weighted by Crippen LogP contribution is -2.23. The van der Waals surface area contributed by atoms with Crippen LogP contribution in [0.2, 0.25) is 0 Å². The molecule has 0 saturated carbocycles. The SMILES string of the molecule is CCCCCCCCCCCCCCCCOC(CO)COC. The van der Waals surface area contributed by atoms with E-state index in [2.05, 4.69) is 6.92 Å². The van der Waals surface area contributed by atoms with Crippen molar-refractivity contribution in [3.63, 3.8) is 0 Å². The van der Waals surface area contributed by atoms with Crippen LogP contribution in [0, 0.1) is 0 Å². The van der Waals surface area contributed by atoms with E-state index in [1.807, 2.05) is 0 Å². The number of methoxy groups -OCH3 is 1. The van der Waals surface area contributed by atoms with Crippen molar-refractivity contribution in [3.8, 4) is 0 Å². The maximum absolute atomic E-state index is 9.07. The monoisotopic (exact) mass is 330 g/mol. The Labute approximate surface area is 145 Å². The normalized spacial score (nSPS) is 12.7. The van der Waals surface area contributed by atoms with Gasteiger partial charge in [-0.3, -0.25) is 0 Å². The summed E-state index contributed by atoms with van der Waals surface area (Å²) in [4.78, 5) is 0. The number of hydrogen-bond acceptors (Lipinski definition) is 3. The summed E-state index contributed by atoms with van der Waals surface area (Å²) < 4.78 is 10.5. The van der Waals surface area contributed by atoms with Crippen molar-refractivity contribution in [1.82, 2.24) is 0 Å². The van der Waals surface area contributed by atoms with Gasteiger partial charge in [0.25, 0.3) is 0 Å². The molecule has 0 fully saturated rings. The van der Waals surface area contributed by atoms with Crippen LogP contribution in [0.25, 0.3) is 0 Å². The largest absolute Gasteiger partial charge is 0.394 e. The molecule has 0 rings (SSSR count). The van der Waals surface area contributed by atoms with E-state index in [4.69, 9.17) is 14.6 Å². The van der Waals surface area contributed by atoms with Crippen LogP contribution in [0.4, 0.5) is 0 Å². The van der Waals surface area contributed by atoms with Gasteiger partial charge in [-0.2, -0.15) is 0 Å². The predicted octanol–water partition coefficient (Wildman–Crippen LogP) is 5.49. The Bertz CT molecular complexity index is 209. The van der Waals surface area contributed by atoms with Crippen molar-refractivity contribution in [2.45, 2.75) is 103 Å². The number of hydrogen-bond donors (Lipinski definition) is 1. The Morgan fingerprint density at radius 1 is 0.696 bits per heavy atom. The Hall–Kier alpha value is -0.120. The Balaban J connectivity index is 3.07. The highest BCUT2D eigenvalue weighted by Crippen LogP contribution is 2.13. The molecule has 0 spiro atoms. The molecule has 23 heavy (non-hydrogen) atoms. The highest BCUT2D eigenvalue weighted by atomic mass is 16.5. The minimum absolute atomic E-state index is 0.0481. The lowest BCUT2D eigenvalue weighted by atomic mass is 10.0. The first-order chi connectivity index (χ1) is 11.3. The van der Waals surface area contributed by atoms with E-state index in [0.717, 1.165) is 13.0 Å². The molecular weight excluding hydrogens is 288 g/mol. The van der Waals surface area contributed by atoms with Crippen molar-refractivity contribution >= 4 is 0 Å². The van der Waals surface area contributed by atoms with E-state index in [0.29, 0.717) is 6.61 Å². The van der Waals surface area contributed by atoms with Crippen LogP contribution in [-0.2, 0) is 9.47 Å². The minimum Gasteiger partial charge on any atom is -0.394 e. The van der Waals surface area contributed by atoms with Crippen molar-refractivity contribution in [2.24, 2.45) is 0 Å². The molecule has 3 nitrogen and oxygen atoms in total. The molecule has 0 aliphatic heterocycles. The molecule has 0 radical (unpaired) electrons. The second kappa shape index (κ2) is 19.9. The van der Waals surface area contributed by atoms with Gasteiger partial charge in [-0.1, -0.05) is 90.4 Å². The molecule has 1 unspecified atom stereocenters. The summed E-state index contributed by atoms with van der Waals surface area (Å²) in [5, 5.41) is 9.07. The zero-order chi connectivity index (χ0) is 17.0. The fourth-order valence-electron chi connectivity index (χ4n) is 2.89.